The van der Waals surface area contributed by atoms with Gasteiger partial charge in [0.15, 0.2) is 0 Å². The number of nitrogens with two attached hydrogens (primary N) is 1. The van der Waals surface area contributed by atoms with Crippen molar-refractivity contribution in [3.05, 3.63) is 18.0 Å². The summed E-state index contributed by atoms with van der Waals surface area (Å²) in [5, 5.41) is 4.23. The van der Waals surface area contributed by atoms with Crippen LogP contribution in [0.3, 0.4) is 0 Å². The van der Waals surface area contributed by atoms with E-state index < -0.39 is 0 Å². The molecule has 3 nitrogen and oxygen atoms in total. The summed E-state index contributed by atoms with van der Waals surface area (Å²) in [6.07, 6.45) is 8.35. The first kappa shape index (κ1) is 12.6. The van der Waals surface area contributed by atoms with E-state index in [0.29, 0.717) is 0 Å². The average molecular weight is 235 g/mol. The standard InChI is InChI=1S/C14H25N3/c1-11-3-4-13(10-15)12(9-11)5-6-14-7-8-16-17(14)2/h7-8,11-13H,3-6,9-10,15H2,1-2H3. The normalized spacial score (nSPS) is 29.5. The average Bonchev–Trinajstić information content (AvgIpc) is 2.72. The summed E-state index contributed by atoms with van der Waals surface area (Å²) in [6, 6.07) is 2.13. The van der Waals surface area contributed by atoms with Crippen molar-refractivity contribution in [3.63, 3.8) is 0 Å². The Morgan fingerprint density at radius 3 is 2.88 bits per heavy atom. The van der Waals surface area contributed by atoms with Gasteiger partial charge in [0.1, 0.15) is 0 Å². The van der Waals surface area contributed by atoms with Crippen molar-refractivity contribution in [1.29, 1.82) is 0 Å². The van der Waals surface area contributed by atoms with Crippen molar-refractivity contribution in [2.24, 2.45) is 30.5 Å². The van der Waals surface area contributed by atoms with Gasteiger partial charge in [0.05, 0.1) is 0 Å². The summed E-state index contributed by atoms with van der Waals surface area (Å²) in [5.74, 6) is 2.45. The largest absolute Gasteiger partial charge is 0.330 e. The summed E-state index contributed by atoms with van der Waals surface area (Å²) in [6.45, 7) is 3.24. The van der Waals surface area contributed by atoms with E-state index >= 15 is 0 Å². The van der Waals surface area contributed by atoms with E-state index in [-0.39, 0.29) is 0 Å². The molecule has 0 spiro atoms. The molecule has 1 saturated carbocycles. The van der Waals surface area contributed by atoms with Gasteiger partial charge < -0.3 is 5.73 Å². The summed E-state index contributed by atoms with van der Waals surface area (Å²) in [7, 11) is 2.03. The van der Waals surface area contributed by atoms with E-state index in [1.165, 1.54) is 31.4 Å². The van der Waals surface area contributed by atoms with Crippen molar-refractivity contribution < 1.29 is 0 Å². The second-order valence-electron chi connectivity index (χ2n) is 5.66. The van der Waals surface area contributed by atoms with Gasteiger partial charge in [-0.15, -0.1) is 0 Å². The molecule has 1 aromatic rings. The first-order valence-electron chi connectivity index (χ1n) is 6.87. The lowest BCUT2D eigenvalue weighted by Gasteiger charge is -2.34. The quantitative estimate of drug-likeness (QED) is 0.870. The smallest absolute Gasteiger partial charge is 0.0492 e. The fourth-order valence-electron chi connectivity index (χ4n) is 3.21. The molecular formula is C14H25N3. The Labute approximate surface area is 104 Å². The van der Waals surface area contributed by atoms with Crippen LogP contribution in [-0.2, 0) is 13.5 Å². The van der Waals surface area contributed by atoms with Crippen LogP contribution in [0.15, 0.2) is 12.3 Å². The molecule has 17 heavy (non-hydrogen) atoms. The van der Waals surface area contributed by atoms with E-state index in [0.717, 1.165) is 30.7 Å². The Morgan fingerprint density at radius 1 is 1.41 bits per heavy atom. The van der Waals surface area contributed by atoms with E-state index in [4.69, 9.17) is 5.73 Å². The molecule has 0 aromatic carbocycles. The third kappa shape index (κ3) is 3.09. The van der Waals surface area contributed by atoms with Gasteiger partial charge in [-0.3, -0.25) is 4.68 Å². The van der Waals surface area contributed by atoms with Crippen LogP contribution in [0, 0.1) is 17.8 Å². The predicted octanol–water partition coefficient (Wildman–Crippen LogP) is 2.36. The summed E-state index contributed by atoms with van der Waals surface area (Å²) in [5.41, 5.74) is 7.25. The van der Waals surface area contributed by atoms with Crippen molar-refractivity contribution in [2.45, 2.75) is 39.0 Å². The van der Waals surface area contributed by atoms with Crippen molar-refractivity contribution >= 4 is 0 Å². The number of aryl methyl sites for hydroxylation is 2. The van der Waals surface area contributed by atoms with Gasteiger partial charge in [-0.05, 0) is 56.0 Å². The van der Waals surface area contributed by atoms with Crippen molar-refractivity contribution in [1.82, 2.24) is 9.78 Å². The Hall–Kier alpha value is -0.830. The minimum absolute atomic E-state index is 0.749. The number of rotatable bonds is 4. The fraction of sp³-hybridized carbons (Fsp3) is 0.786. The highest BCUT2D eigenvalue weighted by atomic mass is 15.2. The van der Waals surface area contributed by atoms with Crippen LogP contribution in [0.5, 0.6) is 0 Å². The van der Waals surface area contributed by atoms with Gasteiger partial charge in [0.2, 0.25) is 0 Å². The first-order valence-corrected chi connectivity index (χ1v) is 6.87. The van der Waals surface area contributed by atoms with Crippen molar-refractivity contribution in [2.75, 3.05) is 6.54 Å². The third-order valence-corrected chi connectivity index (χ3v) is 4.40. The molecule has 1 heterocycles. The van der Waals surface area contributed by atoms with Crippen LogP contribution in [0.2, 0.25) is 0 Å². The maximum Gasteiger partial charge on any atom is 0.0492 e. The van der Waals surface area contributed by atoms with Crippen LogP contribution in [-0.4, -0.2) is 16.3 Å². The second kappa shape index (κ2) is 5.67. The minimum Gasteiger partial charge on any atom is -0.330 e. The lowest BCUT2D eigenvalue weighted by atomic mass is 9.72. The molecule has 0 radical (unpaired) electrons. The van der Waals surface area contributed by atoms with Gasteiger partial charge in [-0.25, -0.2) is 0 Å². The van der Waals surface area contributed by atoms with Gasteiger partial charge in [-0.2, -0.15) is 5.10 Å². The topological polar surface area (TPSA) is 43.8 Å². The van der Waals surface area contributed by atoms with Crippen LogP contribution in [0.1, 0.15) is 38.3 Å². The number of aromatic nitrogens is 2. The number of nitrogens with zero attached hydrogens (tertiary/aromatic N) is 2. The SMILES string of the molecule is CC1CCC(CN)C(CCc2ccnn2C)C1. The Bertz CT molecular complexity index is 345. The third-order valence-electron chi connectivity index (χ3n) is 4.40. The zero-order valence-corrected chi connectivity index (χ0v) is 11.1. The second-order valence-corrected chi connectivity index (χ2v) is 5.66. The molecule has 96 valence electrons. The maximum absolute atomic E-state index is 5.90. The summed E-state index contributed by atoms with van der Waals surface area (Å²) < 4.78 is 1.99. The van der Waals surface area contributed by atoms with E-state index in [1.807, 2.05) is 17.9 Å². The monoisotopic (exact) mass is 235 g/mol. The van der Waals surface area contributed by atoms with Crippen LogP contribution in [0.4, 0.5) is 0 Å². The molecular weight excluding hydrogens is 210 g/mol. The van der Waals surface area contributed by atoms with Gasteiger partial charge in [0, 0.05) is 18.9 Å². The highest BCUT2D eigenvalue weighted by Crippen LogP contribution is 2.35. The van der Waals surface area contributed by atoms with E-state index in [9.17, 15) is 0 Å². The minimum atomic E-state index is 0.749. The van der Waals surface area contributed by atoms with E-state index in [1.54, 1.807) is 0 Å². The van der Waals surface area contributed by atoms with Crippen LogP contribution < -0.4 is 5.73 Å². The lowest BCUT2D eigenvalue weighted by molar-refractivity contribution is 0.183. The van der Waals surface area contributed by atoms with Gasteiger partial charge >= 0.3 is 0 Å². The molecule has 1 aliphatic rings. The predicted molar refractivity (Wildman–Crippen MR) is 70.6 cm³/mol. The molecule has 0 bridgehead atoms. The number of hydrogen-bond donors (Lipinski definition) is 1. The molecule has 2 rings (SSSR count). The summed E-state index contributed by atoms with van der Waals surface area (Å²) in [4.78, 5) is 0. The molecule has 3 heteroatoms. The molecule has 0 saturated heterocycles. The van der Waals surface area contributed by atoms with Crippen LogP contribution in [0.25, 0.3) is 0 Å². The number of hydrogen-bond acceptors (Lipinski definition) is 2. The zero-order valence-electron chi connectivity index (χ0n) is 11.1. The summed E-state index contributed by atoms with van der Waals surface area (Å²) >= 11 is 0. The fourth-order valence-corrected chi connectivity index (χ4v) is 3.21. The molecule has 1 fully saturated rings. The van der Waals surface area contributed by atoms with Gasteiger partial charge in [0.25, 0.3) is 0 Å². The molecule has 2 N–H and O–H groups in total. The van der Waals surface area contributed by atoms with E-state index in [2.05, 4.69) is 18.1 Å². The van der Waals surface area contributed by atoms with Gasteiger partial charge in [-0.1, -0.05) is 13.3 Å². The molecule has 1 aliphatic carbocycles. The highest BCUT2D eigenvalue weighted by molar-refractivity contribution is 5.00. The molecule has 3 atom stereocenters. The van der Waals surface area contributed by atoms with Crippen LogP contribution >= 0.6 is 0 Å². The maximum atomic E-state index is 5.90. The Kier molecular flexibility index (Phi) is 4.21. The first-order chi connectivity index (χ1) is 8.20. The Morgan fingerprint density at radius 2 is 2.24 bits per heavy atom. The Balaban J connectivity index is 1.90. The zero-order chi connectivity index (χ0) is 12.3. The molecule has 3 unspecified atom stereocenters. The highest BCUT2D eigenvalue weighted by Gasteiger charge is 2.27. The molecule has 1 aromatic heterocycles. The van der Waals surface area contributed by atoms with Crippen molar-refractivity contribution in [3.8, 4) is 0 Å². The lowest BCUT2D eigenvalue weighted by Crippen LogP contribution is -2.30. The molecule has 0 aliphatic heterocycles. The molecule has 0 amide bonds.